The molecule has 0 spiro atoms. The number of carbonyl (C=O) groups excluding carboxylic acids is 1. The van der Waals surface area contributed by atoms with Gasteiger partial charge in [-0.15, -0.1) is 0 Å². The average molecular weight is 351 g/mol. The highest BCUT2D eigenvalue weighted by atomic mass is 35.5. The number of ether oxygens (including phenoxy) is 1. The molecule has 0 fully saturated rings. The number of rotatable bonds is 3. The highest BCUT2D eigenvalue weighted by Crippen LogP contribution is 2.30. The van der Waals surface area contributed by atoms with Crippen molar-refractivity contribution in [1.82, 2.24) is 10.2 Å². The fourth-order valence-corrected chi connectivity index (χ4v) is 3.15. The molecule has 0 saturated heterocycles. The van der Waals surface area contributed by atoms with Crippen molar-refractivity contribution in [2.75, 3.05) is 14.1 Å². The summed E-state index contributed by atoms with van der Waals surface area (Å²) < 4.78 is 5.39. The Bertz CT molecular complexity index is 620. The van der Waals surface area contributed by atoms with E-state index in [0.29, 0.717) is 0 Å². The van der Waals surface area contributed by atoms with Crippen molar-refractivity contribution < 1.29 is 9.53 Å². The third kappa shape index (κ3) is 5.25. The maximum absolute atomic E-state index is 12.1. The Morgan fingerprint density at radius 3 is 2.62 bits per heavy atom. The van der Waals surface area contributed by atoms with Crippen LogP contribution in [0.4, 0.5) is 4.79 Å². The van der Waals surface area contributed by atoms with E-state index >= 15 is 0 Å². The minimum Gasteiger partial charge on any atom is -0.444 e. The maximum Gasteiger partial charge on any atom is 0.407 e. The molecule has 132 valence electrons. The number of amides is 1. The number of hydrogen-bond donors (Lipinski definition) is 1. The fourth-order valence-electron chi connectivity index (χ4n) is 2.96. The smallest absolute Gasteiger partial charge is 0.407 e. The Labute approximate surface area is 149 Å². The number of halogens is 1. The highest BCUT2D eigenvalue weighted by molar-refractivity contribution is 6.30. The average Bonchev–Trinajstić information content (AvgIpc) is 2.45. The molecule has 2 atom stereocenters. The summed E-state index contributed by atoms with van der Waals surface area (Å²) >= 11 is 6.11. The lowest BCUT2D eigenvalue weighted by atomic mass is 9.86. The van der Waals surface area contributed by atoms with Gasteiger partial charge in [0.15, 0.2) is 0 Å². The van der Waals surface area contributed by atoms with Crippen molar-refractivity contribution in [3.8, 4) is 0 Å². The third-order valence-corrected chi connectivity index (χ3v) is 4.31. The zero-order chi connectivity index (χ0) is 17.9. The van der Waals surface area contributed by atoms with Gasteiger partial charge < -0.3 is 15.0 Å². The van der Waals surface area contributed by atoms with E-state index in [1.165, 1.54) is 5.57 Å². The molecule has 1 N–H and O–H groups in total. The molecule has 0 saturated carbocycles. The van der Waals surface area contributed by atoms with Gasteiger partial charge in [-0.05, 0) is 71.0 Å². The molecule has 1 aromatic rings. The molecule has 0 aliphatic heterocycles. The first-order valence-electron chi connectivity index (χ1n) is 8.26. The molecule has 2 rings (SSSR count). The van der Waals surface area contributed by atoms with Crippen LogP contribution in [0.5, 0.6) is 0 Å². The summed E-state index contributed by atoms with van der Waals surface area (Å²) in [5, 5.41) is 3.76. The van der Waals surface area contributed by atoms with E-state index in [2.05, 4.69) is 22.4 Å². The lowest BCUT2D eigenvalue weighted by Crippen LogP contribution is -2.51. The molecule has 0 radical (unpaired) electrons. The van der Waals surface area contributed by atoms with Crippen LogP contribution in [0, 0.1) is 0 Å². The maximum atomic E-state index is 12.1. The van der Waals surface area contributed by atoms with Crippen LogP contribution in [0.25, 0.3) is 5.57 Å². The first-order chi connectivity index (χ1) is 11.2. The minimum absolute atomic E-state index is 0.0257. The van der Waals surface area contributed by atoms with Gasteiger partial charge in [-0.3, -0.25) is 0 Å². The predicted molar refractivity (Wildman–Crippen MR) is 99.3 cm³/mol. The van der Waals surface area contributed by atoms with Crippen molar-refractivity contribution in [1.29, 1.82) is 0 Å². The first-order valence-corrected chi connectivity index (χ1v) is 8.64. The van der Waals surface area contributed by atoms with E-state index in [1.54, 1.807) is 0 Å². The van der Waals surface area contributed by atoms with Crippen LogP contribution in [0.15, 0.2) is 30.3 Å². The van der Waals surface area contributed by atoms with Crippen LogP contribution >= 0.6 is 11.6 Å². The number of alkyl carbamates (subject to hydrolysis) is 1. The van der Waals surface area contributed by atoms with E-state index in [1.807, 2.05) is 53.1 Å². The second-order valence-electron chi connectivity index (χ2n) is 7.46. The summed E-state index contributed by atoms with van der Waals surface area (Å²) in [7, 11) is 4.07. The number of benzene rings is 1. The van der Waals surface area contributed by atoms with Gasteiger partial charge in [0.1, 0.15) is 5.60 Å². The van der Waals surface area contributed by atoms with Gasteiger partial charge >= 0.3 is 6.09 Å². The summed E-state index contributed by atoms with van der Waals surface area (Å²) in [4.78, 5) is 14.3. The van der Waals surface area contributed by atoms with Crippen LogP contribution in [0.3, 0.4) is 0 Å². The Balaban J connectivity index is 2.12. The summed E-state index contributed by atoms with van der Waals surface area (Å²) in [6.45, 7) is 5.61. The van der Waals surface area contributed by atoms with Crippen LogP contribution in [0.1, 0.15) is 39.2 Å². The van der Waals surface area contributed by atoms with Gasteiger partial charge in [0.25, 0.3) is 0 Å². The molecular weight excluding hydrogens is 324 g/mol. The SMILES string of the molecule is CN(C)[C@H]1CC(c2cccc(Cl)c2)=CCC1NC(=O)OC(C)(C)C. The Hall–Kier alpha value is -1.52. The van der Waals surface area contributed by atoms with Gasteiger partial charge in [-0.2, -0.15) is 0 Å². The van der Waals surface area contributed by atoms with E-state index in [0.717, 1.165) is 23.4 Å². The number of carbonyl (C=O) groups is 1. The molecule has 5 heteroatoms. The van der Waals surface area contributed by atoms with Gasteiger partial charge in [0, 0.05) is 11.1 Å². The second-order valence-corrected chi connectivity index (χ2v) is 7.90. The Morgan fingerprint density at radius 2 is 2.04 bits per heavy atom. The van der Waals surface area contributed by atoms with Gasteiger partial charge in [0.05, 0.1) is 6.04 Å². The molecule has 1 unspecified atom stereocenters. The zero-order valence-electron chi connectivity index (χ0n) is 15.1. The van der Waals surface area contributed by atoms with Gasteiger partial charge in [-0.25, -0.2) is 4.79 Å². The van der Waals surface area contributed by atoms with Crippen molar-refractivity contribution in [3.05, 3.63) is 40.9 Å². The van der Waals surface area contributed by atoms with Crippen molar-refractivity contribution in [2.45, 2.75) is 51.3 Å². The molecule has 0 heterocycles. The number of hydrogen-bond acceptors (Lipinski definition) is 3. The monoisotopic (exact) mass is 350 g/mol. The van der Waals surface area contributed by atoms with Crippen molar-refractivity contribution in [3.63, 3.8) is 0 Å². The lowest BCUT2D eigenvalue weighted by Gasteiger charge is -2.36. The van der Waals surface area contributed by atoms with Crippen LogP contribution in [-0.4, -0.2) is 42.8 Å². The summed E-state index contributed by atoms with van der Waals surface area (Å²) in [6.07, 6.45) is 3.45. The summed E-state index contributed by atoms with van der Waals surface area (Å²) in [5.41, 5.74) is 1.91. The van der Waals surface area contributed by atoms with Gasteiger partial charge in [0.2, 0.25) is 0 Å². The standard InChI is InChI=1S/C19H27ClN2O2/c1-19(2,3)24-18(23)21-16-10-9-14(12-17(16)22(4)5)13-7-6-8-15(20)11-13/h6-9,11,16-17H,10,12H2,1-5H3,(H,21,23)/t16?,17-/m0/s1. The Morgan fingerprint density at radius 1 is 1.33 bits per heavy atom. The van der Waals surface area contributed by atoms with E-state index in [4.69, 9.17) is 16.3 Å². The quantitative estimate of drug-likeness (QED) is 0.881. The molecule has 1 aromatic carbocycles. The summed E-state index contributed by atoms with van der Waals surface area (Å²) in [5.74, 6) is 0. The lowest BCUT2D eigenvalue weighted by molar-refractivity contribution is 0.0474. The predicted octanol–water partition coefficient (Wildman–Crippen LogP) is 4.34. The van der Waals surface area contributed by atoms with E-state index < -0.39 is 5.60 Å². The topological polar surface area (TPSA) is 41.6 Å². The van der Waals surface area contributed by atoms with Crippen LogP contribution < -0.4 is 5.32 Å². The first kappa shape index (κ1) is 18.8. The van der Waals surface area contributed by atoms with E-state index in [9.17, 15) is 4.79 Å². The molecular formula is C19H27ClN2O2. The molecule has 0 aromatic heterocycles. The largest absolute Gasteiger partial charge is 0.444 e. The molecule has 1 amide bonds. The molecule has 0 bridgehead atoms. The third-order valence-electron chi connectivity index (χ3n) is 4.07. The van der Waals surface area contributed by atoms with Crippen LogP contribution in [-0.2, 0) is 4.74 Å². The van der Waals surface area contributed by atoms with Crippen molar-refractivity contribution >= 4 is 23.3 Å². The zero-order valence-corrected chi connectivity index (χ0v) is 15.9. The Kier molecular flexibility index (Phi) is 5.94. The number of nitrogens with one attached hydrogen (secondary N) is 1. The molecule has 24 heavy (non-hydrogen) atoms. The normalized spacial score (nSPS) is 21.4. The van der Waals surface area contributed by atoms with Crippen LogP contribution in [0.2, 0.25) is 5.02 Å². The molecule has 4 nitrogen and oxygen atoms in total. The second kappa shape index (κ2) is 7.58. The highest BCUT2D eigenvalue weighted by Gasteiger charge is 2.30. The molecule has 1 aliphatic carbocycles. The summed E-state index contributed by atoms with van der Waals surface area (Å²) in [6, 6.07) is 8.14. The van der Waals surface area contributed by atoms with E-state index in [-0.39, 0.29) is 18.2 Å². The molecule has 1 aliphatic rings. The number of nitrogens with zero attached hydrogens (tertiary/aromatic N) is 1. The van der Waals surface area contributed by atoms with Gasteiger partial charge in [-0.1, -0.05) is 29.8 Å². The number of likely N-dealkylation sites (N-methyl/N-ethyl adjacent to an activating group) is 1. The van der Waals surface area contributed by atoms with Crippen molar-refractivity contribution in [2.24, 2.45) is 0 Å². The fraction of sp³-hybridized carbons (Fsp3) is 0.526. The minimum atomic E-state index is -0.492.